The van der Waals surface area contributed by atoms with Crippen molar-refractivity contribution in [2.75, 3.05) is 20.3 Å². The van der Waals surface area contributed by atoms with Crippen molar-refractivity contribution >= 4 is 64.8 Å². The number of amides is 1. The number of carbonyl (C=O) groups excluding carboxylic acids is 5. The molecule has 18 heteroatoms. The minimum absolute atomic E-state index is 0.704. The van der Waals surface area contributed by atoms with E-state index in [0.717, 1.165) is 50.1 Å². The molecule has 0 bridgehead atoms. The number of aliphatic hydroxyl groups is 2. The molecule has 0 radical (unpaired) electrons. The number of alkyl halides is 3. The molecule has 4 N–H and O–H groups in total. The van der Waals surface area contributed by atoms with Gasteiger partial charge in [-0.1, -0.05) is 83.3 Å². The summed E-state index contributed by atoms with van der Waals surface area (Å²) in [4.78, 5) is 64.6. The molecule has 1 unspecified atom stereocenters. The maximum absolute atomic E-state index is 14.0. The number of hydrogen-bond acceptors (Lipinski definition) is 14. The van der Waals surface area contributed by atoms with Gasteiger partial charge in [0.1, 0.15) is 19.3 Å². The van der Waals surface area contributed by atoms with Crippen molar-refractivity contribution in [1.82, 2.24) is 10.6 Å². The minimum atomic E-state index is -3.68. The van der Waals surface area contributed by atoms with E-state index in [0.29, 0.717) is 0 Å². The van der Waals surface area contributed by atoms with Crippen LogP contribution < -0.4 is 10.6 Å². The second kappa shape index (κ2) is 14.9. The monoisotopic (exact) mass is 760 g/mol. The Balaban J connectivity index is 1.97. The predicted molar refractivity (Wildman–Crippen MR) is 175 cm³/mol. The van der Waals surface area contributed by atoms with E-state index in [-0.39, 0.29) is 0 Å². The molecule has 1 aliphatic heterocycles. The minimum Gasteiger partial charge on any atom is -0.466 e. The lowest BCUT2D eigenvalue weighted by molar-refractivity contribution is -0.421. The Morgan fingerprint density at radius 1 is 0.900 bits per heavy atom. The first-order chi connectivity index (χ1) is 23.3. The number of rotatable bonds is 10. The van der Waals surface area contributed by atoms with Crippen LogP contribution in [0.4, 0.5) is 4.79 Å². The fourth-order valence-electron chi connectivity index (χ4n) is 6.21. The van der Waals surface area contributed by atoms with Gasteiger partial charge in [0.15, 0.2) is 6.10 Å². The van der Waals surface area contributed by atoms with Crippen molar-refractivity contribution in [3.05, 3.63) is 59.7 Å². The molecule has 4 rings (SSSR count). The number of alkyl carbamates (subject to hydrolysis) is 1. The van der Waals surface area contributed by atoms with Crippen LogP contribution in [0, 0.1) is 0 Å². The molecular formula is C32H35Cl3N2O13. The Labute approximate surface area is 301 Å². The standard InChI is InChI=1S/C32H35Cl3N2O13/c1-16(36-25-22-12-8-6-10-20(22)21-11-7-9-13-23(21)25)31(43)32(44,37-28(42)47-15-29(33,34)35)30(27(41)45-5,49-19(4)40)26(48-18(3)39)24(50-31)14-46-17(2)38/h6-13,16,24-26,36,43-44H,14-15H2,1-5H3,(H,37,42)/t16?,24-,26+,30-,31-,32-/m1/s1. The Kier molecular flexibility index (Phi) is 11.6. The molecule has 15 nitrogen and oxygen atoms in total. The summed E-state index contributed by atoms with van der Waals surface area (Å²) in [7, 11) is 0.823. The van der Waals surface area contributed by atoms with Crippen LogP contribution in [0.25, 0.3) is 11.1 Å². The normalized spacial score (nSPS) is 26.4. The van der Waals surface area contributed by atoms with Gasteiger partial charge in [-0.05, 0) is 29.2 Å². The maximum atomic E-state index is 14.0. The number of esters is 4. The Morgan fingerprint density at radius 2 is 1.46 bits per heavy atom. The van der Waals surface area contributed by atoms with E-state index in [1.807, 2.05) is 41.7 Å². The third-order valence-electron chi connectivity index (χ3n) is 8.15. The number of methoxy groups -OCH3 is 1. The Morgan fingerprint density at radius 3 is 1.94 bits per heavy atom. The van der Waals surface area contributed by atoms with Crippen LogP contribution in [-0.4, -0.2) is 99.7 Å². The van der Waals surface area contributed by atoms with Crippen molar-refractivity contribution in [3.63, 3.8) is 0 Å². The first-order valence-corrected chi connectivity index (χ1v) is 16.1. The van der Waals surface area contributed by atoms with Crippen LogP contribution in [0.3, 0.4) is 0 Å². The topological polar surface area (TPSA) is 205 Å². The van der Waals surface area contributed by atoms with Gasteiger partial charge in [0, 0.05) is 20.8 Å². The van der Waals surface area contributed by atoms with E-state index >= 15 is 0 Å². The first kappa shape index (κ1) is 39.1. The number of nitrogens with one attached hydrogen (secondary N) is 2. The van der Waals surface area contributed by atoms with E-state index in [1.54, 1.807) is 12.1 Å². The Hall–Kier alpha value is -3.70. The lowest BCUT2D eigenvalue weighted by atomic mass is 9.71. The van der Waals surface area contributed by atoms with Crippen molar-refractivity contribution < 1.29 is 62.6 Å². The molecule has 1 aliphatic carbocycles. The molecule has 2 aromatic rings. The smallest absolute Gasteiger partial charge is 0.409 e. The highest BCUT2D eigenvalue weighted by Gasteiger charge is 2.82. The highest BCUT2D eigenvalue weighted by Crippen LogP contribution is 2.50. The zero-order chi connectivity index (χ0) is 37.2. The largest absolute Gasteiger partial charge is 0.466 e. The molecule has 0 saturated carbocycles. The maximum Gasteiger partial charge on any atom is 0.409 e. The van der Waals surface area contributed by atoms with Gasteiger partial charge in [0.2, 0.25) is 9.58 Å². The lowest BCUT2D eigenvalue weighted by Crippen LogP contribution is -2.90. The molecule has 272 valence electrons. The summed E-state index contributed by atoms with van der Waals surface area (Å²) < 4.78 is 29.7. The quantitative estimate of drug-likeness (QED) is 0.119. The van der Waals surface area contributed by atoms with Gasteiger partial charge in [0.05, 0.1) is 19.2 Å². The molecule has 1 saturated heterocycles. The van der Waals surface area contributed by atoms with E-state index in [2.05, 4.69) is 5.32 Å². The summed E-state index contributed by atoms with van der Waals surface area (Å²) in [5.41, 5.74) is -3.91. The van der Waals surface area contributed by atoms with Crippen LogP contribution >= 0.6 is 34.8 Å². The van der Waals surface area contributed by atoms with Gasteiger partial charge >= 0.3 is 30.0 Å². The summed E-state index contributed by atoms with van der Waals surface area (Å²) in [5.74, 6) is -8.22. The summed E-state index contributed by atoms with van der Waals surface area (Å²) in [5, 5.41) is 30.6. The molecule has 50 heavy (non-hydrogen) atoms. The second-order valence-electron chi connectivity index (χ2n) is 11.5. The molecule has 1 heterocycles. The summed E-state index contributed by atoms with van der Waals surface area (Å²) in [6.07, 6.45) is -5.78. The number of benzene rings is 2. The lowest BCUT2D eigenvalue weighted by Gasteiger charge is -2.59. The zero-order valence-electron chi connectivity index (χ0n) is 27.4. The SMILES string of the molecule is COC(=O)[C@]1(OC(C)=O)[C@@H](OC(C)=O)[C@@H](COC(C)=O)O[C@](O)(C(C)NC2c3ccccc3-c3ccccc32)[C@@]1(O)NC(=O)OCC(Cl)(Cl)Cl. The van der Waals surface area contributed by atoms with Crippen molar-refractivity contribution in [1.29, 1.82) is 0 Å². The number of carbonyl (C=O) groups is 5. The number of halogens is 3. The number of ether oxygens (including phenoxy) is 6. The van der Waals surface area contributed by atoms with Gasteiger partial charge in [-0.15, -0.1) is 0 Å². The van der Waals surface area contributed by atoms with Crippen molar-refractivity contribution in [2.45, 2.75) is 72.9 Å². The fourth-order valence-corrected chi connectivity index (χ4v) is 6.38. The summed E-state index contributed by atoms with van der Waals surface area (Å²) in [6.45, 7) is 2.32. The highest BCUT2D eigenvalue weighted by atomic mass is 35.6. The Bertz CT molecular complexity index is 1610. The van der Waals surface area contributed by atoms with Gasteiger partial charge in [-0.2, -0.15) is 0 Å². The molecule has 2 aromatic carbocycles. The van der Waals surface area contributed by atoms with E-state index < -0.39 is 88.4 Å². The summed E-state index contributed by atoms with van der Waals surface area (Å²) in [6, 6.07) is 12.4. The first-order valence-electron chi connectivity index (χ1n) is 15.0. The third-order valence-corrected chi connectivity index (χ3v) is 8.48. The van der Waals surface area contributed by atoms with Gasteiger partial charge in [0.25, 0.3) is 11.3 Å². The average molecular weight is 762 g/mol. The number of hydrogen-bond donors (Lipinski definition) is 4. The fraction of sp³-hybridized carbons (Fsp3) is 0.469. The van der Waals surface area contributed by atoms with Crippen LogP contribution in [0.2, 0.25) is 0 Å². The van der Waals surface area contributed by atoms with Crippen molar-refractivity contribution in [3.8, 4) is 11.1 Å². The van der Waals surface area contributed by atoms with Gasteiger partial charge < -0.3 is 38.6 Å². The van der Waals surface area contributed by atoms with Crippen LogP contribution in [0.1, 0.15) is 44.9 Å². The van der Waals surface area contributed by atoms with Gasteiger partial charge in [-0.25, -0.2) is 9.59 Å². The van der Waals surface area contributed by atoms with E-state index in [4.69, 9.17) is 63.2 Å². The van der Waals surface area contributed by atoms with Crippen LogP contribution in [0.15, 0.2) is 48.5 Å². The molecule has 2 aliphatic rings. The average Bonchev–Trinajstić information content (AvgIpc) is 3.35. The molecular weight excluding hydrogens is 727 g/mol. The highest BCUT2D eigenvalue weighted by molar-refractivity contribution is 6.67. The van der Waals surface area contributed by atoms with Crippen LogP contribution in [0.5, 0.6) is 0 Å². The van der Waals surface area contributed by atoms with E-state index in [1.165, 1.54) is 6.92 Å². The van der Waals surface area contributed by atoms with Gasteiger partial charge in [-0.3, -0.25) is 25.0 Å². The molecule has 6 atom stereocenters. The summed E-state index contributed by atoms with van der Waals surface area (Å²) >= 11 is 17.2. The van der Waals surface area contributed by atoms with E-state index in [9.17, 15) is 34.2 Å². The molecule has 1 amide bonds. The number of fused-ring (bicyclic) bond motifs is 3. The molecule has 0 spiro atoms. The molecule has 0 aromatic heterocycles. The third kappa shape index (κ3) is 7.35. The van der Waals surface area contributed by atoms with Crippen LogP contribution in [-0.2, 0) is 47.6 Å². The predicted octanol–water partition coefficient (Wildman–Crippen LogP) is 2.58. The van der Waals surface area contributed by atoms with Crippen molar-refractivity contribution in [2.24, 2.45) is 0 Å². The second-order valence-corrected chi connectivity index (χ2v) is 14.0. The molecule has 1 fully saturated rings. The zero-order valence-corrected chi connectivity index (χ0v) is 29.6.